The molecule has 4 rings (SSSR count). The molecule has 4 aliphatic rings. The molecule has 0 amide bonds. The van der Waals surface area contributed by atoms with Gasteiger partial charge in [0.05, 0.1) is 12.8 Å². The lowest BCUT2D eigenvalue weighted by Crippen LogP contribution is -2.62. The van der Waals surface area contributed by atoms with Gasteiger partial charge >= 0.3 is 11.9 Å². The molecule has 0 unspecified atom stereocenters. The third-order valence-corrected chi connectivity index (χ3v) is 13.1. The zero-order chi connectivity index (χ0) is 43.6. The van der Waals surface area contributed by atoms with Gasteiger partial charge in [-0.15, -0.1) is 0 Å². The Hall–Kier alpha value is -1.30. The second-order valence-corrected chi connectivity index (χ2v) is 24.7. The molecule has 4 heterocycles. The quantitative estimate of drug-likeness (QED) is 0.0848. The largest absolute Gasteiger partial charge is 0.462 e. The van der Waals surface area contributed by atoms with Crippen molar-refractivity contribution in [1.29, 1.82) is 0 Å². The van der Waals surface area contributed by atoms with E-state index in [0.717, 1.165) is 103 Å². The lowest BCUT2D eigenvalue weighted by molar-refractivity contribution is -0.155. The van der Waals surface area contributed by atoms with E-state index >= 15 is 0 Å². The van der Waals surface area contributed by atoms with E-state index < -0.39 is 0 Å². The van der Waals surface area contributed by atoms with Gasteiger partial charge in [-0.2, -0.15) is 0 Å². The van der Waals surface area contributed by atoms with Crippen molar-refractivity contribution in [1.82, 2.24) is 31.1 Å². The van der Waals surface area contributed by atoms with Crippen molar-refractivity contribution in [2.24, 2.45) is 0 Å². The van der Waals surface area contributed by atoms with Gasteiger partial charge in [-0.3, -0.25) is 19.4 Å². The van der Waals surface area contributed by atoms with Gasteiger partial charge in [0.1, 0.15) is 12.2 Å². The Morgan fingerprint density at radius 2 is 0.638 bits per heavy atom. The molecule has 4 fully saturated rings. The third-order valence-electron chi connectivity index (χ3n) is 13.1. The SMILES string of the molecule is CC1(C)CC(OC(=O)CCN(CCCCCCN(CCC(=O)OC2CC(C)(C)NC(C)(C)C2)C2CC(C)(C)NC(C)(C)C2)C2CC(C)(C)NC(C)(C)C2)CC(C)(C)N1. The van der Waals surface area contributed by atoms with Crippen LogP contribution < -0.4 is 21.3 Å². The van der Waals surface area contributed by atoms with Gasteiger partial charge in [0, 0.05) is 95.2 Å². The Morgan fingerprint density at radius 3 is 0.897 bits per heavy atom. The van der Waals surface area contributed by atoms with Crippen LogP contribution in [0.25, 0.3) is 0 Å². The molecule has 0 aliphatic carbocycles. The molecule has 0 aromatic heterocycles. The minimum Gasteiger partial charge on any atom is -0.462 e. The fourth-order valence-corrected chi connectivity index (χ4v) is 12.6. The van der Waals surface area contributed by atoms with Crippen molar-refractivity contribution >= 4 is 11.9 Å². The smallest absolute Gasteiger partial charge is 0.307 e. The maximum absolute atomic E-state index is 13.4. The first-order valence-electron chi connectivity index (χ1n) is 23.4. The second kappa shape index (κ2) is 18.6. The lowest BCUT2D eigenvalue weighted by atomic mass is 9.78. The topological polar surface area (TPSA) is 107 Å². The molecule has 0 aromatic carbocycles. The van der Waals surface area contributed by atoms with E-state index in [0.29, 0.717) is 24.9 Å². The number of carbonyl (C=O) groups is 2. The predicted octanol–water partition coefficient (Wildman–Crippen LogP) is 8.25. The summed E-state index contributed by atoms with van der Waals surface area (Å²) in [7, 11) is 0. The molecular weight excluding hydrogens is 725 g/mol. The molecular formula is C48H92N6O4. The molecule has 338 valence electrons. The number of unbranched alkanes of at least 4 members (excludes halogenated alkanes) is 3. The second-order valence-electron chi connectivity index (χ2n) is 24.7. The average Bonchev–Trinajstić information content (AvgIpc) is 2.95. The lowest BCUT2D eigenvalue weighted by Gasteiger charge is -2.50. The number of nitrogens with zero attached hydrogens (tertiary/aromatic N) is 2. The number of hydrogen-bond donors (Lipinski definition) is 4. The fraction of sp³-hybridized carbons (Fsp3) is 0.958. The number of piperidine rings is 4. The summed E-state index contributed by atoms with van der Waals surface area (Å²) in [5.74, 6) is -0.125. The number of hydrogen-bond acceptors (Lipinski definition) is 10. The van der Waals surface area contributed by atoms with Crippen LogP contribution in [0.5, 0.6) is 0 Å². The minimum atomic E-state index is -0.0624. The van der Waals surface area contributed by atoms with Gasteiger partial charge < -0.3 is 30.7 Å². The highest BCUT2D eigenvalue weighted by atomic mass is 16.5. The van der Waals surface area contributed by atoms with Gasteiger partial charge in [-0.05, 0) is 162 Å². The molecule has 4 saturated heterocycles. The molecule has 4 N–H and O–H groups in total. The van der Waals surface area contributed by atoms with Gasteiger partial charge in [-0.25, -0.2) is 0 Å². The zero-order valence-corrected chi connectivity index (χ0v) is 40.6. The zero-order valence-electron chi connectivity index (χ0n) is 40.6. The normalized spacial score (nSPS) is 26.7. The Morgan fingerprint density at radius 1 is 0.397 bits per heavy atom. The van der Waals surface area contributed by atoms with Crippen LogP contribution in [0.3, 0.4) is 0 Å². The maximum Gasteiger partial charge on any atom is 0.307 e. The Labute approximate surface area is 356 Å². The number of rotatable bonds is 17. The van der Waals surface area contributed by atoms with Crippen LogP contribution >= 0.6 is 0 Å². The van der Waals surface area contributed by atoms with Crippen LogP contribution in [0, 0.1) is 0 Å². The van der Waals surface area contributed by atoms with Gasteiger partial charge in [0.2, 0.25) is 0 Å². The van der Waals surface area contributed by atoms with Crippen LogP contribution in [0.15, 0.2) is 0 Å². The molecule has 4 aliphatic heterocycles. The molecule has 10 nitrogen and oxygen atoms in total. The van der Waals surface area contributed by atoms with E-state index in [-0.39, 0.29) is 68.5 Å². The fourth-order valence-electron chi connectivity index (χ4n) is 12.6. The first kappa shape index (κ1) is 49.4. The molecule has 0 spiro atoms. The van der Waals surface area contributed by atoms with Crippen molar-refractivity contribution in [2.45, 2.75) is 269 Å². The van der Waals surface area contributed by atoms with Crippen molar-refractivity contribution in [3.05, 3.63) is 0 Å². The molecule has 0 radical (unpaired) electrons. The number of ether oxygens (including phenoxy) is 2. The highest BCUT2D eigenvalue weighted by Crippen LogP contribution is 2.35. The summed E-state index contributed by atoms with van der Waals surface area (Å²) in [5, 5.41) is 15.1. The van der Waals surface area contributed by atoms with E-state index in [9.17, 15) is 9.59 Å². The van der Waals surface area contributed by atoms with E-state index in [1.807, 2.05) is 0 Å². The van der Waals surface area contributed by atoms with E-state index in [1.54, 1.807) is 0 Å². The standard InChI is InChI=1S/C48H92N6O4/c1-41(2)27-35(28-42(3,4)49-41)53(25-21-39(55)57-37-31-45(9,10)51-46(11,12)32-37)23-19-17-18-20-24-54(36-29-43(5,6)50-44(7,8)30-36)26-22-40(56)58-38-33-47(13,14)52-48(15,16)34-38/h35-38,49-52H,17-34H2,1-16H3. The number of esters is 2. The summed E-state index contributed by atoms with van der Waals surface area (Å²) in [6, 6.07) is 0.833. The molecule has 0 bridgehead atoms. The Kier molecular flexibility index (Phi) is 15.8. The monoisotopic (exact) mass is 817 g/mol. The summed E-state index contributed by atoms with van der Waals surface area (Å²) in [6.45, 7) is 39.7. The summed E-state index contributed by atoms with van der Waals surface area (Å²) < 4.78 is 12.3. The van der Waals surface area contributed by atoms with Crippen LogP contribution in [0.1, 0.15) is 201 Å². The van der Waals surface area contributed by atoms with Crippen LogP contribution in [-0.2, 0) is 19.1 Å². The average molecular weight is 817 g/mol. The summed E-state index contributed by atoms with van der Waals surface area (Å²) in [5.41, 5.74) is -0.101. The predicted molar refractivity (Wildman–Crippen MR) is 240 cm³/mol. The van der Waals surface area contributed by atoms with Crippen LogP contribution in [0.2, 0.25) is 0 Å². The molecule has 10 heteroatoms. The van der Waals surface area contributed by atoms with Gasteiger partial charge in [-0.1, -0.05) is 12.8 Å². The van der Waals surface area contributed by atoms with Crippen LogP contribution in [0.4, 0.5) is 0 Å². The van der Waals surface area contributed by atoms with Crippen LogP contribution in [-0.4, -0.2) is 117 Å². The summed E-state index contributed by atoms with van der Waals surface area (Å²) >= 11 is 0. The maximum atomic E-state index is 13.4. The van der Waals surface area contributed by atoms with Crippen molar-refractivity contribution in [2.75, 3.05) is 26.2 Å². The van der Waals surface area contributed by atoms with Gasteiger partial charge in [0.15, 0.2) is 0 Å². The van der Waals surface area contributed by atoms with Gasteiger partial charge in [0.25, 0.3) is 0 Å². The van der Waals surface area contributed by atoms with Crippen molar-refractivity contribution in [3.63, 3.8) is 0 Å². The van der Waals surface area contributed by atoms with Crippen molar-refractivity contribution in [3.8, 4) is 0 Å². The van der Waals surface area contributed by atoms with E-state index in [1.165, 1.54) is 0 Å². The third kappa shape index (κ3) is 16.5. The molecule has 0 aromatic rings. The Balaban J connectivity index is 1.33. The number of carbonyl (C=O) groups excluding carboxylic acids is 2. The summed E-state index contributed by atoms with van der Waals surface area (Å²) in [4.78, 5) is 32.0. The first-order valence-corrected chi connectivity index (χ1v) is 23.4. The van der Waals surface area contributed by atoms with E-state index in [4.69, 9.17) is 9.47 Å². The summed E-state index contributed by atoms with van der Waals surface area (Å²) in [6.07, 6.45) is 12.9. The molecule has 0 atom stereocenters. The van der Waals surface area contributed by atoms with Crippen molar-refractivity contribution < 1.29 is 19.1 Å². The Bertz CT molecular complexity index is 1200. The minimum absolute atomic E-state index is 0.0336. The highest BCUT2D eigenvalue weighted by molar-refractivity contribution is 5.70. The number of nitrogens with one attached hydrogen (secondary N) is 4. The highest BCUT2D eigenvalue weighted by Gasteiger charge is 2.43. The molecule has 58 heavy (non-hydrogen) atoms. The van der Waals surface area contributed by atoms with E-state index in [2.05, 4.69) is 142 Å². The first-order chi connectivity index (χ1) is 26.3. The molecule has 0 saturated carbocycles.